The molecule has 3 aliphatic rings. The number of hydrogen-bond acceptors (Lipinski definition) is 3. The number of imide groups is 1. The molecule has 5 nitrogen and oxygen atoms in total. The van der Waals surface area contributed by atoms with Crippen molar-refractivity contribution in [1.82, 2.24) is 14.7 Å². The zero-order chi connectivity index (χ0) is 16.7. The average molecular weight is 327 g/mol. The summed E-state index contributed by atoms with van der Waals surface area (Å²) in [7, 11) is 0. The van der Waals surface area contributed by atoms with Crippen LogP contribution in [0.5, 0.6) is 0 Å². The number of urea groups is 1. The van der Waals surface area contributed by atoms with Crippen molar-refractivity contribution in [2.24, 2.45) is 0 Å². The number of carbonyl (C=O) groups is 2. The first-order valence-corrected chi connectivity index (χ1v) is 9.05. The van der Waals surface area contributed by atoms with Gasteiger partial charge in [-0.15, -0.1) is 0 Å². The van der Waals surface area contributed by atoms with Crippen molar-refractivity contribution in [3.63, 3.8) is 0 Å². The lowest BCUT2D eigenvalue weighted by Crippen LogP contribution is -2.48. The molecular weight excluding hydrogens is 302 g/mol. The van der Waals surface area contributed by atoms with Crippen LogP contribution in [-0.4, -0.2) is 58.4 Å². The van der Waals surface area contributed by atoms with Gasteiger partial charge >= 0.3 is 6.03 Å². The highest BCUT2D eigenvalue weighted by Crippen LogP contribution is 2.31. The van der Waals surface area contributed by atoms with Crippen LogP contribution in [0.2, 0.25) is 0 Å². The van der Waals surface area contributed by atoms with Crippen LogP contribution in [0.1, 0.15) is 36.8 Å². The van der Waals surface area contributed by atoms with Gasteiger partial charge < -0.3 is 4.90 Å². The molecule has 128 valence electrons. The fourth-order valence-corrected chi connectivity index (χ4v) is 4.39. The molecule has 24 heavy (non-hydrogen) atoms. The molecule has 4 rings (SSSR count). The lowest BCUT2D eigenvalue weighted by molar-refractivity contribution is -0.130. The van der Waals surface area contributed by atoms with Crippen molar-refractivity contribution in [3.8, 4) is 0 Å². The van der Waals surface area contributed by atoms with E-state index in [-0.39, 0.29) is 24.0 Å². The highest BCUT2D eigenvalue weighted by molar-refractivity contribution is 6.04. The van der Waals surface area contributed by atoms with E-state index in [1.807, 2.05) is 0 Å². The molecule has 1 aromatic rings. The highest BCUT2D eigenvalue weighted by Gasteiger charge is 2.49. The normalized spacial score (nSPS) is 25.6. The van der Waals surface area contributed by atoms with Crippen molar-refractivity contribution in [2.45, 2.75) is 51.2 Å². The molecule has 3 fully saturated rings. The van der Waals surface area contributed by atoms with Gasteiger partial charge in [0.2, 0.25) is 0 Å². The van der Waals surface area contributed by atoms with E-state index >= 15 is 0 Å². The Balaban J connectivity index is 1.36. The molecule has 0 bridgehead atoms. The fraction of sp³-hybridized carbons (Fsp3) is 0.579. The Hall–Kier alpha value is -1.88. The third-order valence-corrected chi connectivity index (χ3v) is 5.64. The Morgan fingerprint density at radius 2 is 1.88 bits per heavy atom. The summed E-state index contributed by atoms with van der Waals surface area (Å²) >= 11 is 0. The van der Waals surface area contributed by atoms with Crippen molar-refractivity contribution in [1.29, 1.82) is 0 Å². The van der Waals surface area contributed by atoms with E-state index in [0.29, 0.717) is 0 Å². The number of hydrogen-bond donors (Lipinski definition) is 0. The molecule has 0 aliphatic carbocycles. The number of rotatable bonds is 3. The monoisotopic (exact) mass is 327 g/mol. The van der Waals surface area contributed by atoms with Crippen molar-refractivity contribution in [2.75, 3.05) is 19.6 Å². The molecule has 3 saturated heterocycles. The largest absolute Gasteiger partial charge is 0.327 e. The van der Waals surface area contributed by atoms with Crippen LogP contribution in [0.4, 0.5) is 4.79 Å². The molecule has 5 heteroatoms. The van der Waals surface area contributed by atoms with Crippen LogP contribution in [0.25, 0.3) is 0 Å². The molecule has 1 aromatic carbocycles. The van der Waals surface area contributed by atoms with Gasteiger partial charge in [0, 0.05) is 32.2 Å². The SMILES string of the molecule is Cc1cccc(CN2CCC(N3C(=O)C4CCCN4C3=O)CC2)c1. The lowest BCUT2D eigenvalue weighted by Gasteiger charge is -2.35. The maximum absolute atomic E-state index is 12.6. The smallest absolute Gasteiger partial charge is 0.312 e. The Labute approximate surface area is 143 Å². The van der Waals surface area contributed by atoms with Crippen LogP contribution >= 0.6 is 0 Å². The van der Waals surface area contributed by atoms with E-state index in [9.17, 15) is 9.59 Å². The van der Waals surface area contributed by atoms with Crippen LogP contribution in [0.3, 0.4) is 0 Å². The van der Waals surface area contributed by atoms with Gasteiger partial charge in [0.1, 0.15) is 6.04 Å². The van der Waals surface area contributed by atoms with Crippen LogP contribution in [0, 0.1) is 6.92 Å². The summed E-state index contributed by atoms with van der Waals surface area (Å²) in [6, 6.07) is 8.50. The maximum Gasteiger partial charge on any atom is 0.327 e. The topological polar surface area (TPSA) is 43.9 Å². The number of aryl methyl sites for hydroxylation is 1. The minimum Gasteiger partial charge on any atom is -0.312 e. The minimum absolute atomic E-state index is 0.0420. The van der Waals surface area contributed by atoms with Gasteiger partial charge in [0.15, 0.2) is 0 Å². The number of carbonyl (C=O) groups excluding carboxylic acids is 2. The van der Waals surface area contributed by atoms with Crippen LogP contribution in [0.15, 0.2) is 24.3 Å². The first-order chi connectivity index (χ1) is 11.6. The molecule has 0 radical (unpaired) electrons. The third kappa shape index (κ3) is 2.71. The maximum atomic E-state index is 12.6. The van der Waals surface area contributed by atoms with E-state index in [4.69, 9.17) is 0 Å². The first kappa shape index (κ1) is 15.6. The third-order valence-electron chi connectivity index (χ3n) is 5.64. The first-order valence-electron chi connectivity index (χ1n) is 9.05. The van der Waals surface area contributed by atoms with Crippen molar-refractivity contribution in [3.05, 3.63) is 35.4 Å². The van der Waals surface area contributed by atoms with Gasteiger partial charge in [-0.3, -0.25) is 14.6 Å². The summed E-state index contributed by atoms with van der Waals surface area (Å²) in [6.45, 7) is 5.70. The average Bonchev–Trinajstić information content (AvgIpc) is 3.13. The van der Waals surface area contributed by atoms with Gasteiger partial charge in [-0.25, -0.2) is 4.79 Å². The summed E-state index contributed by atoms with van der Waals surface area (Å²) < 4.78 is 0. The predicted octanol–water partition coefficient (Wildman–Crippen LogP) is 2.39. The van der Waals surface area contributed by atoms with Gasteiger partial charge in [0.05, 0.1) is 0 Å². The van der Waals surface area contributed by atoms with Crippen LogP contribution in [-0.2, 0) is 11.3 Å². The van der Waals surface area contributed by atoms with E-state index in [0.717, 1.165) is 51.9 Å². The quantitative estimate of drug-likeness (QED) is 0.801. The number of fused-ring (bicyclic) bond motifs is 1. The standard InChI is InChI=1S/C19H25N3O2/c1-14-4-2-5-15(12-14)13-20-10-7-16(8-11-20)22-18(23)17-6-3-9-21(17)19(22)24/h2,4-5,12,16-17H,3,6-11,13H2,1H3. The van der Waals surface area contributed by atoms with E-state index in [2.05, 4.69) is 36.1 Å². The zero-order valence-electron chi connectivity index (χ0n) is 14.3. The molecule has 1 unspecified atom stereocenters. The summed E-state index contributed by atoms with van der Waals surface area (Å²) in [5.41, 5.74) is 2.62. The van der Waals surface area contributed by atoms with E-state index < -0.39 is 0 Å². The molecule has 0 saturated carbocycles. The fourth-order valence-electron chi connectivity index (χ4n) is 4.39. The minimum atomic E-state index is -0.164. The second-order valence-electron chi connectivity index (χ2n) is 7.34. The van der Waals surface area contributed by atoms with E-state index in [1.54, 1.807) is 9.80 Å². The Morgan fingerprint density at radius 3 is 2.58 bits per heavy atom. The summed E-state index contributed by atoms with van der Waals surface area (Å²) in [4.78, 5) is 30.9. The van der Waals surface area contributed by atoms with Crippen molar-refractivity contribution >= 4 is 11.9 Å². The number of amides is 3. The van der Waals surface area contributed by atoms with Crippen LogP contribution < -0.4 is 0 Å². The molecule has 0 spiro atoms. The number of piperidine rings is 1. The van der Waals surface area contributed by atoms with Crippen molar-refractivity contribution < 1.29 is 9.59 Å². The molecular formula is C19H25N3O2. The summed E-state index contributed by atoms with van der Waals surface area (Å²) in [5.74, 6) is 0.0506. The molecule has 1 atom stereocenters. The lowest BCUT2D eigenvalue weighted by atomic mass is 10.0. The second-order valence-corrected chi connectivity index (χ2v) is 7.34. The number of likely N-dealkylation sites (tertiary alicyclic amines) is 1. The molecule has 3 amide bonds. The van der Waals surface area contributed by atoms with Gasteiger partial charge in [0.25, 0.3) is 5.91 Å². The second kappa shape index (κ2) is 6.20. The zero-order valence-corrected chi connectivity index (χ0v) is 14.3. The Kier molecular flexibility index (Phi) is 4.04. The molecule has 0 aromatic heterocycles. The Bertz CT molecular complexity index is 630. The number of nitrogens with zero attached hydrogens (tertiary/aromatic N) is 3. The molecule has 3 aliphatic heterocycles. The Morgan fingerprint density at radius 1 is 1.08 bits per heavy atom. The summed E-state index contributed by atoms with van der Waals surface area (Å²) in [6.07, 6.45) is 3.59. The van der Waals surface area contributed by atoms with Gasteiger partial charge in [-0.1, -0.05) is 29.8 Å². The van der Waals surface area contributed by atoms with E-state index in [1.165, 1.54) is 11.1 Å². The van der Waals surface area contributed by atoms with Gasteiger partial charge in [-0.05, 0) is 38.2 Å². The number of benzene rings is 1. The highest BCUT2D eigenvalue weighted by atomic mass is 16.2. The molecule has 3 heterocycles. The predicted molar refractivity (Wildman–Crippen MR) is 91.4 cm³/mol. The summed E-state index contributed by atoms with van der Waals surface area (Å²) in [5, 5.41) is 0. The van der Waals surface area contributed by atoms with Gasteiger partial charge in [-0.2, -0.15) is 0 Å². The molecule has 0 N–H and O–H groups in total.